The van der Waals surface area contributed by atoms with Gasteiger partial charge in [0.2, 0.25) is 0 Å². The number of carbonyl (C=O) groups excluding carboxylic acids is 1. The number of nitrogens with zero attached hydrogens (tertiary/aromatic N) is 1. The van der Waals surface area contributed by atoms with Crippen molar-refractivity contribution in [1.29, 1.82) is 0 Å². The first-order valence-electron chi connectivity index (χ1n) is 9.49. The molecule has 2 aromatic rings. The van der Waals surface area contributed by atoms with Gasteiger partial charge in [0.05, 0.1) is 5.92 Å². The highest BCUT2D eigenvalue weighted by Crippen LogP contribution is 2.45. The minimum Gasteiger partial charge on any atom is -0.481 e. The van der Waals surface area contributed by atoms with Gasteiger partial charge in [-0.1, -0.05) is 48.5 Å². The zero-order valence-corrected chi connectivity index (χ0v) is 14.9. The molecule has 2 bridgehead atoms. The first-order chi connectivity index (χ1) is 13.1. The molecule has 3 fully saturated rings. The van der Waals surface area contributed by atoms with Crippen molar-refractivity contribution < 1.29 is 19.4 Å². The highest BCUT2D eigenvalue weighted by atomic mass is 16.6. The van der Waals surface area contributed by atoms with E-state index < -0.39 is 5.97 Å². The van der Waals surface area contributed by atoms with E-state index in [1.807, 2.05) is 24.3 Å². The predicted octanol–water partition coefficient (Wildman–Crippen LogP) is 3.87. The molecule has 0 radical (unpaired) electrons. The van der Waals surface area contributed by atoms with Crippen molar-refractivity contribution in [2.75, 3.05) is 6.61 Å². The van der Waals surface area contributed by atoms with Crippen molar-refractivity contribution in [3.8, 4) is 11.1 Å². The first-order valence-corrected chi connectivity index (χ1v) is 9.49. The molecule has 2 aliphatic heterocycles. The van der Waals surface area contributed by atoms with Crippen LogP contribution in [0.5, 0.6) is 0 Å². The van der Waals surface area contributed by atoms with E-state index in [4.69, 9.17) is 4.74 Å². The molecule has 1 amide bonds. The maximum Gasteiger partial charge on any atom is 0.410 e. The molecular weight excluding hydrogens is 342 g/mol. The lowest BCUT2D eigenvalue weighted by atomic mass is 9.74. The lowest BCUT2D eigenvalue weighted by Gasteiger charge is -2.53. The summed E-state index contributed by atoms with van der Waals surface area (Å²) in [6.45, 7) is 0.311. The third-order valence-electron chi connectivity index (χ3n) is 6.34. The van der Waals surface area contributed by atoms with Gasteiger partial charge in [-0.15, -0.1) is 0 Å². The van der Waals surface area contributed by atoms with Crippen molar-refractivity contribution in [1.82, 2.24) is 4.90 Å². The lowest BCUT2D eigenvalue weighted by molar-refractivity contribution is -0.148. The van der Waals surface area contributed by atoms with E-state index in [1.165, 1.54) is 22.3 Å². The molecule has 1 N–H and O–H groups in total. The third-order valence-corrected chi connectivity index (χ3v) is 6.34. The Balaban J connectivity index is 1.30. The smallest absolute Gasteiger partial charge is 0.410 e. The topological polar surface area (TPSA) is 66.8 Å². The Kier molecular flexibility index (Phi) is 3.71. The van der Waals surface area contributed by atoms with Crippen molar-refractivity contribution >= 4 is 12.1 Å². The Hall–Kier alpha value is -2.82. The molecule has 4 aliphatic rings. The van der Waals surface area contributed by atoms with E-state index in [0.29, 0.717) is 19.4 Å². The number of ether oxygens (including phenoxy) is 1. The van der Waals surface area contributed by atoms with Gasteiger partial charge in [0, 0.05) is 18.0 Å². The van der Waals surface area contributed by atoms with E-state index in [9.17, 15) is 14.7 Å². The zero-order valence-electron chi connectivity index (χ0n) is 14.9. The molecule has 2 heterocycles. The van der Waals surface area contributed by atoms with Crippen molar-refractivity contribution in [3.63, 3.8) is 0 Å². The third kappa shape index (κ3) is 2.52. The van der Waals surface area contributed by atoms with Crippen LogP contribution in [0.1, 0.15) is 36.3 Å². The standard InChI is InChI=1S/C22H21NO4/c24-21(25)13-9-14-11-15(10-13)23(14)22(26)27-12-20-18-7-3-1-5-16(18)17-6-2-4-8-19(17)20/h1-8,13-15,20H,9-12H2,(H,24,25). The number of carboxylic acids is 1. The average molecular weight is 363 g/mol. The summed E-state index contributed by atoms with van der Waals surface area (Å²) < 4.78 is 5.72. The number of hydrogen-bond donors (Lipinski definition) is 1. The quantitative estimate of drug-likeness (QED) is 0.899. The average Bonchev–Trinajstić information content (AvgIpc) is 3.00. The number of aliphatic carboxylic acids is 1. The van der Waals surface area contributed by atoms with Crippen molar-refractivity contribution in [2.45, 2.75) is 37.3 Å². The zero-order chi connectivity index (χ0) is 18.5. The molecule has 5 nitrogen and oxygen atoms in total. The summed E-state index contributed by atoms with van der Waals surface area (Å²) in [5.74, 6) is -1.03. The molecule has 27 heavy (non-hydrogen) atoms. The normalized spacial score (nSPS) is 25.3. The van der Waals surface area contributed by atoms with Gasteiger partial charge in [0.1, 0.15) is 6.61 Å². The van der Waals surface area contributed by atoms with Crippen LogP contribution in [-0.2, 0) is 9.53 Å². The monoisotopic (exact) mass is 363 g/mol. The van der Waals surface area contributed by atoms with Crippen molar-refractivity contribution in [3.05, 3.63) is 59.7 Å². The Morgan fingerprint density at radius 2 is 1.48 bits per heavy atom. The second-order valence-corrected chi connectivity index (χ2v) is 7.76. The largest absolute Gasteiger partial charge is 0.481 e. The second-order valence-electron chi connectivity index (χ2n) is 7.76. The highest BCUT2D eigenvalue weighted by Gasteiger charge is 2.50. The van der Waals surface area contributed by atoms with E-state index in [2.05, 4.69) is 24.3 Å². The molecule has 0 aromatic heterocycles. The second kappa shape index (κ2) is 6.12. The van der Waals surface area contributed by atoms with Crippen LogP contribution in [0.2, 0.25) is 0 Å². The van der Waals surface area contributed by atoms with Crippen LogP contribution in [0.4, 0.5) is 4.79 Å². The van der Waals surface area contributed by atoms with E-state index >= 15 is 0 Å². The molecule has 2 aliphatic carbocycles. The summed E-state index contributed by atoms with van der Waals surface area (Å²) in [4.78, 5) is 25.6. The number of piperidine rings is 1. The predicted molar refractivity (Wildman–Crippen MR) is 99.5 cm³/mol. The molecule has 138 valence electrons. The maximum atomic E-state index is 12.7. The number of hydrogen-bond acceptors (Lipinski definition) is 3. The van der Waals surface area contributed by atoms with Gasteiger partial charge in [0.15, 0.2) is 0 Å². The fourth-order valence-electron chi connectivity index (χ4n) is 5.04. The summed E-state index contributed by atoms with van der Waals surface area (Å²) in [5, 5.41) is 9.20. The molecule has 0 spiro atoms. The van der Waals surface area contributed by atoms with Gasteiger partial charge in [-0.05, 0) is 41.5 Å². The first kappa shape index (κ1) is 16.4. The Labute approximate surface area is 157 Å². The fourth-order valence-corrected chi connectivity index (χ4v) is 5.04. The van der Waals surface area contributed by atoms with Gasteiger partial charge in [-0.2, -0.15) is 0 Å². The van der Waals surface area contributed by atoms with Gasteiger partial charge in [-0.3, -0.25) is 4.79 Å². The Morgan fingerprint density at radius 1 is 0.926 bits per heavy atom. The molecular formula is C22H21NO4. The van der Waals surface area contributed by atoms with Crippen LogP contribution in [0.3, 0.4) is 0 Å². The number of rotatable bonds is 3. The maximum absolute atomic E-state index is 12.7. The molecule has 1 saturated carbocycles. The summed E-state index contributed by atoms with van der Waals surface area (Å²) in [5.41, 5.74) is 4.81. The van der Waals surface area contributed by atoms with E-state index in [-0.39, 0.29) is 30.0 Å². The van der Waals surface area contributed by atoms with Crippen LogP contribution in [-0.4, -0.2) is 40.8 Å². The Morgan fingerprint density at radius 3 is 2.04 bits per heavy atom. The summed E-state index contributed by atoms with van der Waals surface area (Å²) in [7, 11) is 0. The van der Waals surface area contributed by atoms with Crippen molar-refractivity contribution in [2.24, 2.45) is 5.92 Å². The number of carboxylic acid groups (broad SMARTS) is 1. The van der Waals surface area contributed by atoms with Crippen LogP contribution < -0.4 is 0 Å². The molecule has 5 heteroatoms. The summed E-state index contributed by atoms with van der Waals surface area (Å²) in [6, 6.07) is 16.6. The number of amides is 1. The molecule has 2 atom stereocenters. The van der Waals surface area contributed by atoms with Gasteiger partial charge < -0.3 is 14.7 Å². The number of fused-ring (bicyclic) bond motifs is 5. The Bertz CT molecular complexity index is 867. The van der Waals surface area contributed by atoms with Crippen LogP contribution in [0, 0.1) is 5.92 Å². The molecule has 6 rings (SSSR count). The molecule has 2 unspecified atom stereocenters. The number of carbonyl (C=O) groups is 2. The lowest BCUT2D eigenvalue weighted by Crippen LogP contribution is -2.63. The summed E-state index contributed by atoms with van der Waals surface area (Å²) in [6.07, 6.45) is 1.67. The number of benzene rings is 2. The van der Waals surface area contributed by atoms with Gasteiger partial charge in [0.25, 0.3) is 0 Å². The van der Waals surface area contributed by atoms with Crippen LogP contribution in [0.25, 0.3) is 11.1 Å². The van der Waals surface area contributed by atoms with E-state index in [0.717, 1.165) is 6.42 Å². The van der Waals surface area contributed by atoms with Crippen LogP contribution >= 0.6 is 0 Å². The highest BCUT2D eigenvalue weighted by molar-refractivity contribution is 5.79. The minimum absolute atomic E-state index is 0.0144. The van der Waals surface area contributed by atoms with Gasteiger partial charge in [-0.25, -0.2) is 4.79 Å². The van der Waals surface area contributed by atoms with E-state index in [1.54, 1.807) is 4.90 Å². The summed E-state index contributed by atoms with van der Waals surface area (Å²) >= 11 is 0. The fraction of sp³-hybridized carbons (Fsp3) is 0.364. The minimum atomic E-state index is -0.753. The molecule has 2 saturated heterocycles. The van der Waals surface area contributed by atoms with Crippen LogP contribution in [0.15, 0.2) is 48.5 Å². The SMILES string of the molecule is O=C(O)C1CC2CC(C1)N2C(=O)OCC1c2ccccc2-c2ccccc21. The van der Waals surface area contributed by atoms with Gasteiger partial charge >= 0.3 is 12.1 Å². The molecule has 2 aromatic carbocycles.